The first-order valence-corrected chi connectivity index (χ1v) is 9.36. The molecule has 1 amide bonds. The lowest BCUT2D eigenvalue weighted by Crippen LogP contribution is -2.14. The molecule has 2 rings (SSSR count). The highest BCUT2D eigenvalue weighted by atomic mass is 32.2. The summed E-state index contributed by atoms with van der Waals surface area (Å²) in [6, 6.07) is 5.82. The molecule has 0 aliphatic rings. The lowest BCUT2D eigenvalue weighted by molar-refractivity contribution is -0.384. The van der Waals surface area contributed by atoms with Crippen LogP contribution in [0.3, 0.4) is 0 Å². The standard InChI is InChI=1S/C16H15N5O8S/c22-12-3-4-13(17-16(12)18-14(23)5-6-15(24)25)20-19-11-2-1-10(21(26)27)7-9(11)8-30(28)29/h1-4,7,22H,5-6,8H2,(H,24,25)(H,28,29)(H,17,18,23)/p-1. The van der Waals surface area contributed by atoms with Crippen molar-refractivity contribution < 1.29 is 33.5 Å². The third-order valence-electron chi connectivity index (χ3n) is 3.49. The Bertz CT molecular complexity index is 1040. The van der Waals surface area contributed by atoms with E-state index in [1.54, 1.807) is 0 Å². The molecule has 2 aromatic rings. The predicted octanol–water partition coefficient (Wildman–Crippen LogP) is 2.29. The van der Waals surface area contributed by atoms with Crippen molar-refractivity contribution in [1.29, 1.82) is 0 Å². The molecule has 0 saturated heterocycles. The molecular weight excluding hydrogens is 422 g/mol. The maximum absolute atomic E-state index is 11.7. The van der Waals surface area contributed by atoms with Crippen molar-refractivity contribution in [2.45, 2.75) is 18.6 Å². The van der Waals surface area contributed by atoms with E-state index < -0.39 is 45.8 Å². The summed E-state index contributed by atoms with van der Waals surface area (Å²) in [6.45, 7) is 0. The average molecular weight is 436 g/mol. The average Bonchev–Trinajstić information content (AvgIpc) is 2.67. The van der Waals surface area contributed by atoms with Crippen LogP contribution in [-0.4, -0.2) is 40.8 Å². The predicted molar refractivity (Wildman–Crippen MR) is 101 cm³/mol. The number of hydrogen-bond acceptors (Lipinski definition) is 10. The van der Waals surface area contributed by atoms with E-state index in [0.717, 1.165) is 18.2 Å². The van der Waals surface area contributed by atoms with Crippen molar-refractivity contribution in [3.8, 4) is 5.75 Å². The highest BCUT2D eigenvalue weighted by Gasteiger charge is 2.13. The van der Waals surface area contributed by atoms with E-state index in [0.29, 0.717) is 0 Å². The van der Waals surface area contributed by atoms with Crippen LogP contribution in [0.4, 0.5) is 23.0 Å². The van der Waals surface area contributed by atoms with Crippen LogP contribution in [0.5, 0.6) is 5.75 Å². The SMILES string of the molecule is O=C(O)CCC(=O)Nc1nc(N=Nc2ccc([N+](=O)[O-])cc2CS(=O)[O-])ccc1O. The quantitative estimate of drug-likeness (QED) is 0.227. The molecule has 13 nitrogen and oxygen atoms in total. The molecule has 1 heterocycles. The minimum atomic E-state index is -2.53. The van der Waals surface area contributed by atoms with Gasteiger partial charge in [-0.15, -0.1) is 10.2 Å². The van der Waals surface area contributed by atoms with E-state index in [-0.39, 0.29) is 35.0 Å². The maximum atomic E-state index is 11.7. The van der Waals surface area contributed by atoms with Gasteiger partial charge in [-0.1, -0.05) is 11.1 Å². The normalized spacial score (nSPS) is 11.9. The molecule has 0 fully saturated rings. The van der Waals surface area contributed by atoms with Crippen LogP contribution in [0.2, 0.25) is 0 Å². The van der Waals surface area contributed by atoms with Crippen LogP contribution < -0.4 is 5.32 Å². The van der Waals surface area contributed by atoms with Gasteiger partial charge in [0.25, 0.3) is 5.69 Å². The van der Waals surface area contributed by atoms with E-state index in [1.807, 2.05) is 0 Å². The third kappa shape index (κ3) is 6.68. The van der Waals surface area contributed by atoms with Crippen LogP contribution in [0.15, 0.2) is 40.6 Å². The van der Waals surface area contributed by atoms with Crippen molar-refractivity contribution in [2.75, 3.05) is 5.32 Å². The Kier molecular flexibility index (Phi) is 7.60. The highest BCUT2D eigenvalue weighted by molar-refractivity contribution is 7.78. The number of amides is 1. The fourth-order valence-corrected chi connectivity index (χ4v) is 2.62. The number of anilines is 1. The number of rotatable bonds is 9. The van der Waals surface area contributed by atoms with Crippen molar-refractivity contribution in [3.63, 3.8) is 0 Å². The minimum absolute atomic E-state index is 0.0438. The first kappa shape index (κ1) is 22.5. The number of non-ortho nitro benzene ring substituents is 1. The molecule has 3 N–H and O–H groups in total. The first-order chi connectivity index (χ1) is 14.2. The van der Waals surface area contributed by atoms with E-state index in [1.165, 1.54) is 12.1 Å². The number of carbonyl (C=O) groups excluding carboxylic acids is 1. The lowest BCUT2D eigenvalue weighted by Gasteiger charge is -2.08. The number of pyridine rings is 1. The summed E-state index contributed by atoms with van der Waals surface area (Å²) in [5.41, 5.74) is -0.225. The van der Waals surface area contributed by atoms with Crippen LogP contribution in [-0.2, 0) is 26.4 Å². The van der Waals surface area contributed by atoms with Crippen LogP contribution in [0, 0.1) is 10.1 Å². The Morgan fingerprint density at radius 2 is 1.93 bits per heavy atom. The number of nitrogens with one attached hydrogen (secondary N) is 1. The van der Waals surface area contributed by atoms with Crippen molar-refractivity contribution >= 4 is 46.0 Å². The number of nitro benzene ring substituents is 1. The van der Waals surface area contributed by atoms with Gasteiger partial charge in [-0.05, 0) is 23.8 Å². The molecule has 1 atom stereocenters. The van der Waals surface area contributed by atoms with Crippen LogP contribution >= 0.6 is 0 Å². The second kappa shape index (κ2) is 10.1. The highest BCUT2D eigenvalue weighted by Crippen LogP contribution is 2.29. The third-order valence-corrected chi connectivity index (χ3v) is 4.04. The molecule has 0 bridgehead atoms. The van der Waals surface area contributed by atoms with Gasteiger partial charge in [0.05, 0.1) is 17.0 Å². The van der Waals surface area contributed by atoms with Crippen molar-refractivity contribution in [1.82, 2.24) is 4.98 Å². The van der Waals surface area contributed by atoms with Gasteiger partial charge in [0.2, 0.25) is 5.91 Å². The molecule has 1 aromatic carbocycles. The number of carboxylic acids is 1. The summed E-state index contributed by atoms with van der Waals surface area (Å²) in [7, 11) is 0. The number of carbonyl (C=O) groups is 2. The summed E-state index contributed by atoms with van der Waals surface area (Å²) in [4.78, 5) is 36.3. The van der Waals surface area contributed by atoms with Gasteiger partial charge in [0.15, 0.2) is 17.4 Å². The molecule has 0 aliphatic heterocycles. The van der Waals surface area contributed by atoms with Gasteiger partial charge >= 0.3 is 5.97 Å². The number of carboxylic acid groups (broad SMARTS) is 1. The van der Waals surface area contributed by atoms with Gasteiger partial charge in [-0.25, -0.2) is 4.98 Å². The monoisotopic (exact) mass is 436 g/mol. The van der Waals surface area contributed by atoms with Crippen LogP contribution in [0.25, 0.3) is 0 Å². The van der Waals surface area contributed by atoms with Gasteiger partial charge < -0.3 is 20.1 Å². The molecule has 1 unspecified atom stereocenters. The van der Waals surface area contributed by atoms with Gasteiger partial charge in [-0.2, -0.15) is 0 Å². The zero-order valence-corrected chi connectivity index (χ0v) is 15.9. The number of nitrogens with zero attached hydrogens (tertiary/aromatic N) is 4. The number of azo groups is 1. The molecule has 30 heavy (non-hydrogen) atoms. The van der Waals surface area contributed by atoms with Crippen molar-refractivity contribution in [2.24, 2.45) is 10.2 Å². The number of aromatic nitrogens is 1. The maximum Gasteiger partial charge on any atom is 0.303 e. The Hall–Kier alpha value is -3.78. The number of nitro groups is 1. The number of benzene rings is 1. The Morgan fingerprint density at radius 3 is 2.57 bits per heavy atom. The van der Waals surface area contributed by atoms with Gasteiger partial charge in [0, 0.05) is 24.3 Å². The van der Waals surface area contributed by atoms with Gasteiger partial charge in [-0.3, -0.25) is 23.9 Å². The summed E-state index contributed by atoms with van der Waals surface area (Å²) in [5, 5.41) is 39.1. The summed E-state index contributed by atoms with van der Waals surface area (Å²) in [6.07, 6.45) is -0.739. The topological polar surface area (TPSA) is 208 Å². The second-order valence-corrected chi connectivity index (χ2v) is 6.59. The van der Waals surface area contributed by atoms with Gasteiger partial charge in [0.1, 0.15) is 0 Å². The lowest BCUT2D eigenvalue weighted by atomic mass is 10.2. The minimum Gasteiger partial charge on any atom is -0.772 e. The Morgan fingerprint density at radius 1 is 1.20 bits per heavy atom. The number of hydrogen-bond donors (Lipinski definition) is 3. The summed E-state index contributed by atoms with van der Waals surface area (Å²) < 4.78 is 22.0. The fourth-order valence-electron chi connectivity index (χ4n) is 2.13. The fraction of sp³-hybridized carbons (Fsp3) is 0.188. The zero-order valence-electron chi connectivity index (χ0n) is 15.0. The molecule has 0 radical (unpaired) electrons. The molecule has 1 aromatic heterocycles. The number of aliphatic carboxylic acids is 1. The second-order valence-electron chi connectivity index (χ2n) is 5.70. The molecule has 14 heteroatoms. The Labute approximate surface area is 170 Å². The van der Waals surface area contributed by atoms with E-state index in [9.17, 15) is 33.6 Å². The molecule has 158 valence electrons. The van der Waals surface area contributed by atoms with E-state index >= 15 is 0 Å². The zero-order chi connectivity index (χ0) is 22.3. The molecule has 0 aliphatic carbocycles. The Balaban J connectivity index is 2.25. The van der Waals surface area contributed by atoms with Crippen molar-refractivity contribution in [3.05, 3.63) is 46.0 Å². The summed E-state index contributed by atoms with van der Waals surface area (Å²) >= 11 is -2.53. The molecule has 0 saturated carbocycles. The van der Waals surface area contributed by atoms with Crippen LogP contribution in [0.1, 0.15) is 18.4 Å². The smallest absolute Gasteiger partial charge is 0.303 e. The van der Waals surface area contributed by atoms with E-state index in [4.69, 9.17) is 5.11 Å². The molecular formula is C16H14N5O8S-. The van der Waals surface area contributed by atoms with E-state index in [2.05, 4.69) is 20.5 Å². The molecule has 0 spiro atoms. The largest absolute Gasteiger partial charge is 0.772 e. The summed E-state index contributed by atoms with van der Waals surface area (Å²) in [5.74, 6) is -3.12. The first-order valence-electron chi connectivity index (χ1n) is 8.12. The number of aromatic hydroxyl groups is 1.